The molecule has 0 heterocycles. The third kappa shape index (κ3) is 2.05. The number of halogens is 1. The van der Waals surface area contributed by atoms with Crippen molar-refractivity contribution in [2.45, 2.75) is 13.3 Å². The van der Waals surface area contributed by atoms with E-state index < -0.39 is 0 Å². The van der Waals surface area contributed by atoms with Crippen LogP contribution in [0.3, 0.4) is 0 Å². The molecule has 2 heteroatoms. The van der Waals surface area contributed by atoms with Crippen LogP contribution < -0.4 is 0 Å². The van der Waals surface area contributed by atoms with Crippen molar-refractivity contribution in [3.05, 3.63) is 35.1 Å². The van der Waals surface area contributed by atoms with Gasteiger partial charge in [0.15, 0.2) is 0 Å². The molecule has 0 bridgehead atoms. The lowest BCUT2D eigenvalue weighted by Crippen LogP contribution is -1.85. The van der Waals surface area contributed by atoms with Gasteiger partial charge in [-0.3, -0.25) is 0 Å². The van der Waals surface area contributed by atoms with Crippen LogP contribution >= 0.6 is 0 Å². The van der Waals surface area contributed by atoms with Crippen LogP contribution in [0.1, 0.15) is 11.1 Å². The highest BCUT2D eigenvalue weighted by atomic mass is 19.1. The Labute approximate surface area is 65.1 Å². The van der Waals surface area contributed by atoms with Crippen molar-refractivity contribution in [2.24, 2.45) is 0 Å². The summed E-state index contributed by atoms with van der Waals surface area (Å²) in [7, 11) is 0. The molecule has 0 aromatic heterocycles. The first-order chi connectivity index (χ1) is 5.22. The first kappa shape index (κ1) is 7.74. The van der Waals surface area contributed by atoms with Crippen molar-refractivity contribution in [1.29, 1.82) is 5.26 Å². The Hall–Kier alpha value is -1.36. The smallest absolute Gasteiger partial charge is 0.123 e. The minimum absolute atomic E-state index is 0.268. The number of nitriles is 1. The highest BCUT2D eigenvalue weighted by Gasteiger charge is 1.96. The molecule has 11 heavy (non-hydrogen) atoms. The normalized spacial score (nSPS) is 9.18. The number of nitrogens with zero attached hydrogens (tertiary/aromatic N) is 1. The summed E-state index contributed by atoms with van der Waals surface area (Å²) in [6.45, 7) is 1.81. The number of aryl methyl sites for hydroxylation is 1. The lowest BCUT2D eigenvalue weighted by molar-refractivity contribution is 0.625. The second-order valence-corrected chi connectivity index (χ2v) is 2.47. The molecule has 1 aromatic carbocycles. The summed E-state index contributed by atoms with van der Waals surface area (Å²) in [5.74, 6) is -0.268. The molecule has 0 N–H and O–H groups in total. The fraction of sp³-hybridized carbons (Fsp3) is 0.222. The summed E-state index contributed by atoms with van der Waals surface area (Å²) in [5.41, 5.74) is 1.60. The van der Waals surface area contributed by atoms with E-state index in [0.717, 1.165) is 11.1 Å². The number of benzene rings is 1. The molecule has 1 rings (SSSR count). The SMILES string of the molecule is Cc1cc(F)cc(CC#N)c1. The summed E-state index contributed by atoms with van der Waals surface area (Å²) in [4.78, 5) is 0. The molecular weight excluding hydrogens is 141 g/mol. The molecule has 0 fully saturated rings. The first-order valence-corrected chi connectivity index (χ1v) is 3.35. The molecule has 1 nitrogen and oxygen atoms in total. The number of rotatable bonds is 1. The van der Waals surface area contributed by atoms with Gasteiger partial charge in [-0.1, -0.05) is 6.07 Å². The zero-order valence-corrected chi connectivity index (χ0v) is 6.26. The predicted octanol–water partition coefficient (Wildman–Crippen LogP) is 2.20. The van der Waals surface area contributed by atoms with E-state index in [0.29, 0.717) is 0 Å². The second kappa shape index (κ2) is 3.16. The average Bonchev–Trinajstić information content (AvgIpc) is 1.85. The second-order valence-electron chi connectivity index (χ2n) is 2.47. The van der Waals surface area contributed by atoms with Crippen LogP contribution in [0, 0.1) is 24.1 Å². The minimum Gasteiger partial charge on any atom is -0.207 e. The first-order valence-electron chi connectivity index (χ1n) is 3.35. The van der Waals surface area contributed by atoms with Gasteiger partial charge in [0.05, 0.1) is 12.5 Å². The predicted molar refractivity (Wildman–Crippen MR) is 40.5 cm³/mol. The van der Waals surface area contributed by atoms with E-state index in [1.54, 1.807) is 0 Å². The van der Waals surface area contributed by atoms with Crippen LogP contribution in [0.5, 0.6) is 0 Å². The Morgan fingerprint density at radius 1 is 1.45 bits per heavy atom. The molecule has 56 valence electrons. The molecule has 0 atom stereocenters. The fourth-order valence-corrected chi connectivity index (χ4v) is 1.01. The van der Waals surface area contributed by atoms with Gasteiger partial charge in [0.1, 0.15) is 5.82 Å². The number of hydrogen-bond donors (Lipinski definition) is 0. The van der Waals surface area contributed by atoms with E-state index in [-0.39, 0.29) is 12.2 Å². The molecule has 0 aliphatic heterocycles. The Morgan fingerprint density at radius 3 is 2.73 bits per heavy atom. The standard InChI is InChI=1S/C9H8FN/c1-7-4-8(2-3-11)6-9(10)5-7/h4-6H,2H2,1H3. The third-order valence-corrected chi connectivity index (χ3v) is 1.39. The van der Waals surface area contributed by atoms with Crippen molar-refractivity contribution in [3.63, 3.8) is 0 Å². The molecule has 0 saturated heterocycles. The van der Waals surface area contributed by atoms with Crippen molar-refractivity contribution < 1.29 is 4.39 Å². The maximum absolute atomic E-state index is 12.6. The molecular formula is C9H8FN. The van der Waals surface area contributed by atoms with E-state index in [1.807, 2.05) is 19.1 Å². The molecule has 0 saturated carbocycles. The average molecular weight is 149 g/mol. The van der Waals surface area contributed by atoms with Crippen LogP contribution in [-0.4, -0.2) is 0 Å². The molecule has 0 aliphatic rings. The van der Waals surface area contributed by atoms with E-state index in [1.165, 1.54) is 12.1 Å². The van der Waals surface area contributed by atoms with Gasteiger partial charge in [0.25, 0.3) is 0 Å². The Kier molecular flexibility index (Phi) is 2.22. The third-order valence-electron chi connectivity index (χ3n) is 1.39. The van der Waals surface area contributed by atoms with Crippen molar-refractivity contribution >= 4 is 0 Å². The highest BCUT2D eigenvalue weighted by Crippen LogP contribution is 2.08. The van der Waals surface area contributed by atoms with E-state index in [9.17, 15) is 4.39 Å². The lowest BCUT2D eigenvalue weighted by atomic mass is 10.1. The van der Waals surface area contributed by atoms with Crippen LogP contribution in [0.25, 0.3) is 0 Å². The van der Waals surface area contributed by atoms with E-state index >= 15 is 0 Å². The van der Waals surface area contributed by atoms with Crippen LogP contribution in [0.2, 0.25) is 0 Å². The Morgan fingerprint density at radius 2 is 2.18 bits per heavy atom. The van der Waals surface area contributed by atoms with Gasteiger partial charge >= 0.3 is 0 Å². The summed E-state index contributed by atoms with van der Waals surface area (Å²) in [6, 6.07) is 6.61. The monoisotopic (exact) mass is 149 g/mol. The fourth-order valence-electron chi connectivity index (χ4n) is 1.01. The largest absolute Gasteiger partial charge is 0.207 e. The zero-order chi connectivity index (χ0) is 8.27. The van der Waals surface area contributed by atoms with Gasteiger partial charge in [-0.25, -0.2) is 4.39 Å². The maximum Gasteiger partial charge on any atom is 0.123 e. The lowest BCUT2D eigenvalue weighted by Gasteiger charge is -1.96. The van der Waals surface area contributed by atoms with Crippen LogP contribution in [0.15, 0.2) is 18.2 Å². The van der Waals surface area contributed by atoms with Crippen LogP contribution in [0.4, 0.5) is 4.39 Å². The summed E-state index contributed by atoms with van der Waals surface area (Å²) in [5, 5.41) is 8.33. The summed E-state index contributed by atoms with van der Waals surface area (Å²) >= 11 is 0. The van der Waals surface area contributed by atoms with Gasteiger partial charge in [-0.2, -0.15) is 5.26 Å². The Bertz CT molecular complexity index is 279. The van der Waals surface area contributed by atoms with Gasteiger partial charge in [0.2, 0.25) is 0 Å². The minimum atomic E-state index is -0.268. The molecule has 0 spiro atoms. The summed E-state index contributed by atoms with van der Waals surface area (Å²) < 4.78 is 12.6. The van der Waals surface area contributed by atoms with Gasteiger partial charge < -0.3 is 0 Å². The number of hydrogen-bond acceptors (Lipinski definition) is 1. The van der Waals surface area contributed by atoms with Gasteiger partial charge in [-0.05, 0) is 30.2 Å². The van der Waals surface area contributed by atoms with Gasteiger partial charge in [0, 0.05) is 0 Å². The Balaban J connectivity index is 3.01. The van der Waals surface area contributed by atoms with Crippen LogP contribution in [-0.2, 0) is 6.42 Å². The van der Waals surface area contributed by atoms with Crippen molar-refractivity contribution in [1.82, 2.24) is 0 Å². The van der Waals surface area contributed by atoms with E-state index in [2.05, 4.69) is 0 Å². The van der Waals surface area contributed by atoms with Gasteiger partial charge in [-0.15, -0.1) is 0 Å². The van der Waals surface area contributed by atoms with Crippen molar-refractivity contribution in [2.75, 3.05) is 0 Å². The molecule has 0 aliphatic carbocycles. The highest BCUT2D eigenvalue weighted by molar-refractivity contribution is 5.25. The molecule has 0 amide bonds. The maximum atomic E-state index is 12.6. The van der Waals surface area contributed by atoms with E-state index in [4.69, 9.17) is 5.26 Å². The topological polar surface area (TPSA) is 23.8 Å². The quantitative estimate of drug-likeness (QED) is 0.600. The molecule has 0 radical (unpaired) electrons. The molecule has 0 unspecified atom stereocenters. The summed E-state index contributed by atoms with van der Waals surface area (Å²) in [6.07, 6.45) is 0.276. The zero-order valence-electron chi connectivity index (χ0n) is 6.26. The van der Waals surface area contributed by atoms with Crippen molar-refractivity contribution in [3.8, 4) is 6.07 Å². The molecule has 1 aromatic rings.